The van der Waals surface area contributed by atoms with Crippen LogP contribution in [-0.4, -0.2) is 24.9 Å². The molecular weight excluding hydrogens is 140 g/mol. The van der Waals surface area contributed by atoms with E-state index >= 15 is 0 Å². The molecule has 1 heterocycles. The Bertz CT molecular complexity index is 81.1. The Hall–Kier alpha value is 0.210. The molecule has 9 heavy (non-hydrogen) atoms. The van der Waals surface area contributed by atoms with Gasteiger partial charge in [0.1, 0.15) is 0 Å². The summed E-state index contributed by atoms with van der Waals surface area (Å²) in [6.07, 6.45) is 0.739. The number of alkyl halides is 1. The first-order chi connectivity index (χ1) is 4.34. The Balaban J connectivity index is 2.24. The van der Waals surface area contributed by atoms with Gasteiger partial charge in [0.05, 0.1) is 18.6 Å². The van der Waals surface area contributed by atoms with Crippen LogP contribution in [0.5, 0.6) is 0 Å². The fourth-order valence-corrected chi connectivity index (χ4v) is 0.923. The fourth-order valence-electron chi connectivity index (χ4n) is 0.778. The highest BCUT2D eigenvalue weighted by Crippen LogP contribution is 2.15. The SMILES string of the molecule is CCC(Cl)C1OCCO1. The Morgan fingerprint density at radius 1 is 1.56 bits per heavy atom. The van der Waals surface area contributed by atoms with Gasteiger partial charge in [0, 0.05) is 0 Å². The number of ether oxygens (including phenoxy) is 2. The highest BCUT2D eigenvalue weighted by Gasteiger charge is 2.22. The molecule has 0 amide bonds. The molecule has 0 aromatic heterocycles. The van der Waals surface area contributed by atoms with E-state index in [1.807, 2.05) is 6.92 Å². The van der Waals surface area contributed by atoms with Gasteiger partial charge in [-0.2, -0.15) is 0 Å². The van der Waals surface area contributed by atoms with Crippen LogP contribution in [0.3, 0.4) is 0 Å². The zero-order chi connectivity index (χ0) is 6.69. The van der Waals surface area contributed by atoms with E-state index in [1.165, 1.54) is 0 Å². The molecule has 0 N–H and O–H groups in total. The summed E-state index contributed by atoms with van der Waals surface area (Å²) in [6, 6.07) is 0. The highest BCUT2D eigenvalue weighted by molar-refractivity contribution is 6.20. The normalized spacial score (nSPS) is 24.7. The lowest BCUT2D eigenvalue weighted by Crippen LogP contribution is -2.20. The summed E-state index contributed by atoms with van der Waals surface area (Å²) in [5, 5.41) is 0.0208. The van der Waals surface area contributed by atoms with Crippen LogP contribution in [0.15, 0.2) is 0 Å². The molecule has 54 valence electrons. The van der Waals surface area contributed by atoms with Crippen LogP contribution in [-0.2, 0) is 9.47 Å². The van der Waals surface area contributed by atoms with Gasteiger partial charge >= 0.3 is 0 Å². The Morgan fingerprint density at radius 2 is 2.11 bits per heavy atom. The van der Waals surface area contributed by atoms with Crippen molar-refractivity contribution >= 4 is 11.6 Å². The summed E-state index contributed by atoms with van der Waals surface area (Å²) in [4.78, 5) is 0. The average Bonchev–Trinajstić information content (AvgIpc) is 2.37. The molecule has 0 bridgehead atoms. The lowest BCUT2D eigenvalue weighted by atomic mass is 10.3. The summed E-state index contributed by atoms with van der Waals surface area (Å²) < 4.78 is 10.3. The maximum Gasteiger partial charge on any atom is 0.173 e. The van der Waals surface area contributed by atoms with Crippen LogP contribution < -0.4 is 0 Å². The molecule has 0 saturated carbocycles. The van der Waals surface area contributed by atoms with Gasteiger partial charge in [-0.3, -0.25) is 0 Å². The quantitative estimate of drug-likeness (QED) is 0.554. The minimum absolute atomic E-state index is 0.0208. The summed E-state index contributed by atoms with van der Waals surface area (Å²) >= 11 is 5.82. The van der Waals surface area contributed by atoms with E-state index in [0.29, 0.717) is 13.2 Å². The molecule has 1 rings (SSSR count). The number of hydrogen-bond donors (Lipinski definition) is 0. The van der Waals surface area contributed by atoms with Gasteiger partial charge in [0.15, 0.2) is 6.29 Å². The second-order valence-electron chi connectivity index (χ2n) is 2.03. The van der Waals surface area contributed by atoms with Gasteiger partial charge in [-0.05, 0) is 6.42 Å². The molecule has 1 aliphatic heterocycles. The minimum atomic E-state index is -0.156. The Morgan fingerprint density at radius 3 is 2.56 bits per heavy atom. The lowest BCUT2D eigenvalue weighted by Gasteiger charge is -2.12. The van der Waals surface area contributed by atoms with Crippen LogP contribution >= 0.6 is 11.6 Å². The van der Waals surface area contributed by atoms with Crippen LogP contribution in [0.2, 0.25) is 0 Å². The molecule has 0 aromatic rings. The third-order valence-electron chi connectivity index (χ3n) is 1.33. The molecular formula is C6H11ClO2. The van der Waals surface area contributed by atoms with Crippen LogP contribution in [0.25, 0.3) is 0 Å². The van der Waals surface area contributed by atoms with Gasteiger partial charge in [0.25, 0.3) is 0 Å². The number of hydrogen-bond acceptors (Lipinski definition) is 2. The Labute approximate surface area is 60.1 Å². The third kappa shape index (κ3) is 1.81. The van der Waals surface area contributed by atoms with E-state index < -0.39 is 0 Å². The van der Waals surface area contributed by atoms with Gasteiger partial charge < -0.3 is 9.47 Å². The van der Waals surface area contributed by atoms with Crippen LogP contribution in [0, 0.1) is 0 Å². The number of rotatable bonds is 2. The van der Waals surface area contributed by atoms with Crippen molar-refractivity contribution < 1.29 is 9.47 Å². The minimum Gasteiger partial charge on any atom is -0.349 e. The van der Waals surface area contributed by atoms with Crippen molar-refractivity contribution in [3.05, 3.63) is 0 Å². The second kappa shape index (κ2) is 3.40. The molecule has 1 aliphatic rings. The molecule has 1 atom stereocenters. The standard InChI is InChI=1S/C6H11ClO2/c1-2-5(7)6-8-3-4-9-6/h5-6H,2-4H2,1H3. The molecule has 1 unspecified atom stereocenters. The maximum absolute atomic E-state index is 5.82. The zero-order valence-corrected chi connectivity index (χ0v) is 6.23. The maximum atomic E-state index is 5.82. The molecule has 0 spiro atoms. The molecule has 3 heteroatoms. The first kappa shape index (κ1) is 7.32. The number of halogens is 1. The van der Waals surface area contributed by atoms with Gasteiger partial charge in [-0.25, -0.2) is 0 Å². The fraction of sp³-hybridized carbons (Fsp3) is 1.00. The van der Waals surface area contributed by atoms with E-state index in [2.05, 4.69) is 0 Å². The average molecular weight is 151 g/mol. The molecule has 1 fully saturated rings. The summed E-state index contributed by atoms with van der Waals surface area (Å²) in [5.41, 5.74) is 0. The first-order valence-corrected chi connectivity index (χ1v) is 3.65. The zero-order valence-electron chi connectivity index (χ0n) is 5.47. The summed E-state index contributed by atoms with van der Waals surface area (Å²) in [6.45, 7) is 3.39. The van der Waals surface area contributed by atoms with Crippen molar-refractivity contribution in [2.75, 3.05) is 13.2 Å². The molecule has 0 aromatic carbocycles. The van der Waals surface area contributed by atoms with E-state index in [9.17, 15) is 0 Å². The topological polar surface area (TPSA) is 18.5 Å². The van der Waals surface area contributed by atoms with Crippen LogP contribution in [0.4, 0.5) is 0 Å². The van der Waals surface area contributed by atoms with Gasteiger partial charge in [-0.15, -0.1) is 11.6 Å². The second-order valence-corrected chi connectivity index (χ2v) is 2.59. The third-order valence-corrected chi connectivity index (χ3v) is 1.85. The summed E-state index contributed by atoms with van der Waals surface area (Å²) in [5.74, 6) is 0. The predicted octanol–water partition coefficient (Wildman–Crippen LogP) is 1.38. The van der Waals surface area contributed by atoms with Gasteiger partial charge in [-0.1, -0.05) is 6.92 Å². The van der Waals surface area contributed by atoms with Crippen molar-refractivity contribution in [1.29, 1.82) is 0 Å². The van der Waals surface area contributed by atoms with Gasteiger partial charge in [0.2, 0.25) is 0 Å². The van der Waals surface area contributed by atoms with E-state index in [0.717, 1.165) is 6.42 Å². The predicted molar refractivity (Wildman–Crippen MR) is 35.6 cm³/mol. The van der Waals surface area contributed by atoms with Crippen molar-refractivity contribution in [1.82, 2.24) is 0 Å². The van der Waals surface area contributed by atoms with E-state index in [4.69, 9.17) is 21.1 Å². The monoisotopic (exact) mass is 150 g/mol. The van der Waals surface area contributed by atoms with Crippen molar-refractivity contribution in [3.63, 3.8) is 0 Å². The molecule has 2 nitrogen and oxygen atoms in total. The largest absolute Gasteiger partial charge is 0.349 e. The van der Waals surface area contributed by atoms with E-state index in [1.54, 1.807) is 0 Å². The highest BCUT2D eigenvalue weighted by atomic mass is 35.5. The van der Waals surface area contributed by atoms with Crippen molar-refractivity contribution in [2.24, 2.45) is 0 Å². The smallest absolute Gasteiger partial charge is 0.173 e. The molecule has 0 radical (unpaired) electrons. The summed E-state index contributed by atoms with van der Waals surface area (Å²) in [7, 11) is 0. The van der Waals surface area contributed by atoms with E-state index in [-0.39, 0.29) is 11.7 Å². The first-order valence-electron chi connectivity index (χ1n) is 3.22. The molecule has 0 aliphatic carbocycles. The molecule has 1 saturated heterocycles. The Kier molecular flexibility index (Phi) is 2.76. The van der Waals surface area contributed by atoms with Crippen molar-refractivity contribution in [3.8, 4) is 0 Å². The van der Waals surface area contributed by atoms with Crippen molar-refractivity contribution in [2.45, 2.75) is 25.0 Å². The lowest BCUT2D eigenvalue weighted by molar-refractivity contribution is -0.0437. The van der Waals surface area contributed by atoms with Crippen LogP contribution in [0.1, 0.15) is 13.3 Å².